The molecule has 0 aliphatic carbocycles. The second kappa shape index (κ2) is 12.9. The molecule has 0 radical (unpaired) electrons. The van der Waals surface area contributed by atoms with E-state index in [0.717, 1.165) is 26.2 Å². The van der Waals surface area contributed by atoms with Crippen LogP contribution in [0.5, 0.6) is 11.5 Å². The molecule has 12 heteroatoms. The molecule has 1 heterocycles. The van der Waals surface area contributed by atoms with Gasteiger partial charge in [0.05, 0.1) is 11.2 Å². The fourth-order valence-electron chi connectivity index (χ4n) is 2.87. The fraction of sp³-hybridized carbons (Fsp3) is 0.250. The number of hydrogen-bond acceptors (Lipinski definition) is 11. The number of rotatable bonds is 11. The van der Waals surface area contributed by atoms with Gasteiger partial charge in [0, 0.05) is 34.4 Å². The van der Waals surface area contributed by atoms with Crippen LogP contribution in [-0.2, 0) is 9.59 Å². The maximum Gasteiger partial charge on any atom is 0.347 e. The van der Waals surface area contributed by atoms with Crippen LogP contribution in [0.25, 0.3) is 10.4 Å². The van der Waals surface area contributed by atoms with Crippen molar-refractivity contribution >= 4 is 62.7 Å². The summed E-state index contributed by atoms with van der Waals surface area (Å²) in [6.45, 7) is 3.74. The molecule has 0 aliphatic heterocycles. The Morgan fingerprint density at radius 2 is 1.75 bits per heavy atom. The number of amides is 1. The van der Waals surface area contributed by atoms with E-state index in [-0.39, 0.29) is 36.6 Å². The molecule has 0 bridgehead atoms. The first kappa shape index (κ1) is 27.7. The van der Waals surface area contributed by atoms with Crippen LogP contribution in [0, 0.1) is 8.73 Å². The van der Waals surface area contributed by atoms with Gasteiger partial charge in [0.2, 0.25) is 5.91 Å². The van der Waals surface area contributed by atoms with Crippen LogP contribution in [0.2, 0.25) is 0 Å². The lowest BCUT2D eigenvalue weighted by Crippen LogP contribution is -2.36. The molecule has 0 unspecified atom stereocenters. The Kier molecular flexibility index (Phi) is 9.88. The van der Waals surface area contributed by atoms with Gasteiger partial charge in [-0.15, -0.1) is 4.91 Å². The third kappa shape index (κ3) is 8.33. The summed E-state index contributed by atoms with van der Waals surface area (Å²) in [6, 6.07) is 15.2. The zero-order chi connectivity index (χ0) is 26.1. The Morgan fingerprint density at radius 3 is 2.42 bits per heavy atom. The minimum absolute atomic E-state index is 0.0390. The van der Waals surface area contributed by atoms with Gasteiger partial charge < -0.3 is 14.8 Å². The molecular weight excluding hydrogens is 541 g/mol. The van der Waals surface area contributed by atoms with Crippen molar-refractivity contribution in [3.05, 3.63) is 68.9 Å². The predicted molar refractivity (Wildman–Crippen MR) is 145 cm³/mol. The minimum atomic E-state index is -0.682. The Hall–Kier alpha value is -2.93. The third-order valence-electron chi connectivity index (χ3n) is 4.69. The van der Waals surface area contributed by atoms with E-state index >= 15 is 0 Å². The van der Waals surface area contributed by atoms with E-state index in [1.54, 1.807) is 48.5 Å². The molecule has 1 aromatic heterocycles. The smallest absolute Gasteiger partial charge is 0.347 e. The number of para-hydroxylation sites is 1. The SMILES string of the molecule is CC(C)(CNC(=O)CCC(=O)Oc1ccccc1C(=O)Oc1ccc(-c2cc(=S)ss2)cc1)SN=O. The monoisotopic (exact) mass is 562 g/mol. The lowest BCUT2D eigenvalue weighted by atomic mass is 10.2. The highest BCUT2D eigenvalue weighted by Gasteiger charge is 2.22. The number of carbonyl (C=O) groups excluding carboxylic acids is 3. The topological polar surface area (TPSA) is 111 Å². The molecule has 0 atom stereocenters. The van der Waals surface area contributed by atoms with Gasteiger partial charge in [0.25, 0.3) is 0 Å². The quantitative estimate of drug-likeness (QED) is 0.0712. The number of nitroso groups, excluding NO2 is 1. The van der Waals surface area contributed by atoms with Crippen molar-refractivity contribution in [3.63, 3.8) is 0 Å². The molecule has 36 heavy (non-hydrogen) atoms. The number of nitrogens with zero attached hydrogens (tertiary/aromatic N) is 1. The average Bonchev–Trinajstić information content (AvgIpc) is 3.28. The number of esters is 2. The highest BCUT2D eigenvalue weighted by atomic mass is 32.9. The van der Waals surface area contributed by atoms with E-state index in [9.17, 15) is 19.3 Å². The van der Waals surface area contributed by atoms with E-state index in [1.165, 1.54) is 22.5 Å². The summed E-state index contributed by atoms with van der Waals surface area (Å²) in [5, 5.41) is 2.65. The fourth-order valence-corrected chi connectivity index (χ4v) is 5.61. The molecule has 0 spiro atoms. The molecule has 3 aromatic rings. The lowest BCUT2D eigenvalue weighted by molar-refractivity contribution is -0.136. The lowest BCUT2D eigenvalue weighted by Gasteiger charge is -2.19. The zero-order valence-electron chi connectivity index (χ0n) is 19.3. The van der Waals surface area contributed by atoms with Gasteiger partial charge in [-0.25, -0.2) is 4.79 Å². The van der Waals surface area contributed by atoms with Crippen molar-refractivity contribution in [3.8, 4) is 21.9 Å². The van der Waals surface area contributed by atoms with E-state index in [0.29, 0.717) is 5.75 Å². The number of ether oxygens (including phenoxy) is 2. The first-order chi connectivity index (χ1) is 17.2. The second-order valence-electron chi connectivity index (χ2n) is 8.08. The van der Waals surface area contributed by atoms with Gasteiger partial charge in [-0.05, 0) is 61.9 Å². The summed E-state index contributed by atoms with van der Waals surface area (Å²) in [7, 11) is 3.10. The van der Waals surface area contributed by atoms with E-state index < -0.39 is 16.7 Å². The summed E-state index contributed by atoms with van der Waals surface area (Å²) >= 11 is 5.99. The first-order valence-corrected chi connectivity index (χ1v) is 14.0. The third-order valence-corrected chi connectivity index (χ3v) is 8.32. The molecular formula is C24H22N2O6S4. The summed E-state index contributed by atoms with van der Waals surface area (Å²) < 4.78 is 13.8. The summed E-state index contributed by atoms with van der Waals surface area (Å²) in [4.78, 5) is 48.5. The van der Waals surface area contributed by atoms with Gasteiger partial charge in [-0.3, -0.25) is 9.59 Å². The summed E-state index contributed by atoms with van der Waals surface area (Å²) in [5.41, 5.74) is 1.04. The van der Waals surface area contributed by atoms with Crippen molar-refractivity contribution in [2.24, 2.45) is 4.58 Å². The number of benzene rings is 2. The Bertz CT molecular complexity index is 1300. The normalized spacial score (nSPS) is 10.9. The van der Waals surface area contributed by atoms with Crippen LogP contribution in [0.3, 0.4) is 0 Å². The molecule has 0 saturated heterocycles. The maximum atomic E-state index is 12.8. The van der Waals surface area contributed by atoms with Crippen LogP contribution in [0.15, 0.2) is 59.2 Å². The maximum absolute atomic E-state index is 12.8. The largest absolute Gasteiger partial charge is 0.426 e. The van der Waals surface area contributed by atoms with Crippen LogP contribution < -0.4 is 14.8 Å². The van der Waals surface area contributed by atoms with E-state index in [1.807, 2.05) is 18.2 Å². The molecule has 2 aromatic carbocycles. The van der Waals surface area contributed by atoms with Gasteiger partial charge in [-0.1, -0.05) is 45.0 Å². The van der Waals surface area contributed by atoms with Gasteiger partial charge in [-0.2, -0.15) is 0 Å². The van der Waals surface area contributed by atoms with Crippen LogP contribution >= 0.6 is 44.8 Å². The van der Waals surface area contributed by atoms with Crippen LogP contribution in [0.1, 0.15) is 37.0 Å². The van der Waals surface area contributed by atoms with Crippen LogP contribution in [-0.4, -0.2) is 29.1 Å². The first-order valence-electron chi connectivity index (χ1n) is 10.7. The predicted octanol–water partition coefficient (Wildman–Crippen LogP) is 6.42. The van der Waals surface area contributed by atoms with Crippen molar-refractivity contribution in [1.29, 1.82) is 0 Å². The average molecular weight is 563 g/mol. The summed E-state index contributed by atoms with van der Waals surface area (Å²) in [6.07, 6.45) is -0.295. The Labute approximate surface area is 224 Å². The molecule has 8 nitrogen and oxygen atoms in total. The van der Waals surface area contributed by atoms with E-state index in [2.05, 4.69) is 9.90 Å². The number of carbonyl (C=O) groups is 3. The van der Waals surface area contributed by atoms with Crippen molar-refractivity contribution in [1.82, 2.24) is 5.32 Å². The Morgan fingerprint density at radius 1 is 1.03 bits per heavy atom. The Balaban J connectivity index is 1.55. The second-order valence-corrected chi connectivity index (χ2v) is 12.4. The van der Waals surface area contributed by atoms with Crippen molar-refractivity contribution < 1.29 is 23.9 Å². The molecule has 0 fully saturated rings. The minimum Gasteiger partial charge on any atom is -0.426 e. The van der Waals surface area contributed by atoms with Gasteiger partial charge >= 0.3 is 11.9 Å². The zero-order valence-corrected chi connectivity index (χ0v) is 22.6. The van der Waals surface area contributed by atoms with Crippen LogP contribution in [0.4, 0.5) is 0 Å². The highest BCUT2D eigenvalue weighted by molar-refractivity contribution is 7.99. The summed E-state index contributed by atoms with van der Waals surface area (Å²) in [5.74, 6) is -1.34. The number of nitrogens with one attached hydrogen (secondary N) is 1. The van der Waals surface area contributed by atoms with Gasteiger partial charge in [0.1, 0.15) is 20.9 Å². The molecule has 1 amide bonds. The molecule has 188 valence electrons. The van der Waals surface area contributed by atoms with E-state index in [4.69, 9.17) is 21.7 Å². The molecule has 1 N–H and O–H groups in total. The van der Waals surface area contributed by atoms with Crippen molar-refractivity contribution in [2.45, 2.75) is 31.4 Å². The highest BCUT2D eigenvalue weighted by Crippen LogP contribution is 2.31. The molecule has 0 saturated carbocycles. The molecule has 3 rings (SSSR count). The van der Waals surface area contributed by atoms with Gasteiger partial charge in [0.15, 0.2) is 0 Å². The molecule has 0 aliphatic rings. The standard InChI is InChI=1S/C24H22N2O6S4/c1-24(2,36-26-30)14-25-20(27)11-12-21(28)32-18-6-4-3-5-17(18)23(29)31-16-9-7-15(8-10-16)19-13-22(33)35-34-19/h3-10,13H,11-12,14H2,1-2H3,(H,25,27). The van der Waals surface area contributed by atoms with Crippen molar-refractivity contribution in [2.75, 3.05) is 6.54 Å². The number of hydrogen-bond donors (Lipinski definition) is 1.